The minimum absolute atomic E-state index is 0.0471. The molecule has 0 aliphatic carbocycles. The van der Waals surface area contributed by atoms with E-state index in [-0.39, 0.29) is 26.6 Å². The van der Waals surface area contributed by atoms with Crippen LogP contribution in [0.2, 0.25) is 10.0 Å². The molecule has 2 N–H and O–H groups in total. The van der Waals surface area contributed by atoms with Gasteiger partial charge in [0.05, 0.1) is 14.9 Å². The first kappa shape index (κ1) is 16.0. The Labute approximate surface area is 131 Å². The van der Waals surface area contributed by atoms with Crippen LogP contribution in [0.4, 0.5) is 5.82 Å². The lowest BCUT2D eigenvalue weighted by Crippen LogP contribution is -2.15. The van der Waals surface area contributed by atoms with Gasteiger partial charge in [-0.05, 0) is 31.2 Å². The second-order valence-electron chi connectivity index (χ2n) is 4.16. The van der Waals surface area contributed by atoms with Crippen LogP contribution >= 0.6 is 23.2 Å². The first-order valence-corrected chi connectivity index (χ1v) is 8.02. The van der Waals surface area contributed by atoms with Crippen LogP contribution in [0.1, 0.15) is 18.9 Å². The molecule has 0 aliphatic heterocycles. The fourth-order valence-corrected chi connectivity index (χ4v) is 2.86. The van der Waals surface area contributed by atoms with Gasteiger partial charge in [-0.25, -0.2) is 18.4 Å². The van der Waals surface area contributed by atoms with Gasteiger partial charge in [-0.15, -0.1) is 0 Å². The van der Waals surface area contributed by atoms with Crippen LogP contribution in [0.15, 0.2) is 35.4 Å². The Morgan fingerprint density at radius 2 is 1.95 bits per heavy atom. The van der Waals surface area contributed by atoms with Gasteiger partial charge in [-0.3, -0.25) is 4.72 Å². The van der Waals surface area contributed by atoms with Crippen molar-refractivity contribution >= 4 is 39.0 Å². The average Bonchev–Trinajstić information content (AvgIpc) is 2.41. The molecular formula is C12H11Cl2N3O3S. The van der Waals surface area contributed by atoms with Gasteiger partial charge in [0.15, 0.2) is 5.82 Å². The molecule has 112 valence electrons. The monoisotopic (exact) mass is 347 g/mol. The number of aliphatic hydroxyl groups excluding tert-OH is 1. The molecule has 1 aromatic carbocycles. The van der Waals surface area contributed by atoms with Crippen LogP contribution in [0.25, 0.3) is 0 Å². The molecule has 0 fully saturated rings. The van der Waals surface area contributed by atoms with E-state index in [1.54, 1.807) is 0 Å². The Bertz CT molecular complexity index is 766. The minimum atomic E-state index is -3.86. The molecule has 21 heavy (non-hydrogen) atoms. The summed E-state index contributed by atoms with van der Waals surface area (Å²) in [5.74, 6) is 0.163. The SMILES string of the molecule is CC(O)c1nccc(NS(=O)(=O)c2ccc(Cl)c(Cl)c2)n1. The molecule has 1 aromatic heterocycles. The highest BCUT2D eigenvalue weighted by molar-refractivity contribution is 7.92. The molecule has 1 atom stereocenters. The van der Waals surface area contributed by atoms with Crippen molar-refractivity contribution in [3.63, 3.8) is 0 Å². The standard InChI is InChI=1S/C12H11Cl2N3O3S/c1-7(18)12-15-5-4-11(16-12)17-21(19,20)8-2-3-9(13)10(14)6-8/h2-7,18H,1H3,(H,15,16,17). The summed E-state index contributed by atoms with van der Waals surface area (Å²) >= 11 is 11.6. The zero-order chi connectivity index (χ0) is 15.6. The first-order valence-electron chi connectivity index (χ1n) is 5.78. The van der Waals surface area contributed by atoms with Crippen LogP contribution in [-0.2, 0) is 10.0 Å². The number of benzene rings is 1. The molecule has 0 saturated carbocycles. The van der Waals surface area contributed by atoms with Crippen LogP contribution in [0.5, 0.6) is 0 Å². The number of sulfonamides is 1. The van der Waals surface area contributed by atoms with E-state index < -0.39 is 16.1 Å². The summed E-state index contributed by atoms with van der Waals surface area (Å²) in [5, 5.41) is 9.79. The van der Waals surface area contributed by atoms with E-state index in [0.29, 0.717) is 0 Å². The largest absolute Gasteiger partial charge is 0.385 e. The van der Waals surface area contributed by atoms with E-state index in [4.69, 9.17) is 23.2 Å². The van der Waals surface area contributed by atoms with Crippen LogP contribution in [0, 0.1) is 0 Å². The number of nitrogens with zero attached hydrogens (tertiary/aromatic N) is 2. The Kier molecular flexibility index (Phi) is 4.67. The summed E-state index contributed by atoms with van der Waals surface area (Å²) in [5.41, 5.74) is 0. The van der Waals surface area contributed by atoms with Gasteiger partial charge < -0.3 is 5.11 Å². The zero-order valence-corrected chi connectivity index (χ0v) is 13.1. The summed E-state index contributed by atoms with van der Waals surface area (Å²) in [7, 11) is -3.86. The minimum Gasteiger partial charge on any atom is -0.385 e. The highest BCUT2D eigenvalue weighted by atomic mass is 35.5. The molecule has 2 aromatic rings. The topological polar surface area (TPSA) is 92.2 Å². The van der Waals surface area contributed by atoms with E-state index in [0.717, 1.165) is 0 Å². The van der Waals surface area contributed by atoms with Gasteiger partial charge in [0.25, 0.3) is 10.0 Å². The second kappa shape index (κ2) is 6.15. The Hall–Kier alpha value is -1.41. The Morgan fingerprint density at radius 3 is 2.57 bits per heavy atom. The van der Waals surface area contributed by atoms with Gasteiger partial charge in [-0.2, -0.15) is 0 Å². The fraction of sp³-hybridized carbons (Fsp3) is 0.167. The predicted octanol–water partition coefficient (Wildman–Crippen LogP) is 2.64. The van der Waals surface area contributed by atoms with E-state index in [2.05, 4.69) is 14.7 Å². The lowest BCUT2D eigenvalue weighted by molar-refractivity contribution is 0.189. The third kappa shape index (κ3) is 3.82. The molecule has 0 amide bonds. The van der Waals surface area contributed by atoms with Gasteiger partial charge in [0.1, 0.15) is 11.9 Å². The zero-order valence-electron chi connectivity index (χ0n) is 10.8. The number of hydrogen-bond acceptors (Lipinski definition) is 5. The number of rotatable bonds is 4. The predicted molar refractivity (Wildman–Crippen MR) is 79.9 cm³/mol. The van der Waals surface area contributed by atoms with Crippen molar-refractivity contribution in [1.29, 1.82) is 0 Å². The summed E-state index contributed by atoms with van der Waals surface area (Å²) in [6.07, 6.45) is 0.446. The van der Waals surface area contributed by atoms with Crippen molar-refractivity contribution in [3.05, 3.63) is 46.3 Å². The summed E-state index contributed by atoms with van der Waals surface area (Å²) in [6, 6.07) is 5.33. The number of aromatic nitrogens is 2. The quantitative estimate of drug-likeness (QED) is 0.886. The van der Waals surface area contributed by atoms with Gasteiger partial charge in [-0.1, -0.05) is 23.2 Å². The Balaban J connectivity index is 2.33. The van der Waals surface area contributed by atoms with Gasteiger partial charge >= 0.3 is 0 Å². The highest BCUT2D eigenvalue weighted by Crippen LogP contribution is 2.25. The van der Waals surface area contributed by atoms with E-state index in [1.165, 1.54) is 37.4 Å². The van der Waals surface area contributed by atoms with Crippen molar-refractivity contribution in [2.45, 2.75) is 17.9 Å². The first-order chi connectivity index (χ1) is 9.79. The molecule has 0 bridgehead atoms. The number of halogens is 2. The number of hydrogen-bond donors (Lipinski definition) is 2. The molecule has 9 heteroatoms. The van der Waals surface area contributed by atoms with Crippen molar-refractivity contribution in [2.24, 2.45) is 0 Å². The lowest BCUT2D eigenvalue weighted by atomic mass is 10.4. The summed E-state index contributed by atoms with van der Waals surface area (Å²) in [4.78, 5) is 7.70. The molecule has 1 heterocycles. The number of anilines is 1. The third-order valence-corrected chi connectivity index (χ3v) is 4.58. The van der Waals surface area contributed by atoms with Crippen molar-refractivity contribution in [3.8, 4) is 0 Å². The number of aliphatic hydroxyl groups is 1. The smallest absolute Gasteiger partial charge is 0.263 e. The lowest BCUT2D eigenvalue weighted by Gasteiger charge is -2.09. The van der Waals surface area contributed by atoms with E-state index in [9.17, 15) is 13.5 Å². The maximum atomic E-state index is 12.2. The van der Waals surface area contributed by atoms with E-state index in [1.807, 2.05) is 0 Å². The van der Waals surface area contributed by atoms with Crippen molar-refractivity contribution < 1.29 is 13.5 Å². The van der Waals surface area contributed by atoms with Crippen LogP contribution in [-0.4, -0.2) is 23.5 Å². The fourth-order valence-electron chi connectivity index (χ4n) is 1.47. The van der Waals surface area contributed by atoms with Crippen LogP contribution in [0.3, 0.4) is 0 Å². The van der Waals surface area contributed by atoms with Gasteiger partial charge in [0, 0.05) is 6.20 Å². The Morgan fingerprint density at radius 1 is 1.24 bits per heavy atom. The molecule has 0 saturated heterocycles. The van der Waals surface area contributed by atoms with E-state index >= 15 is 0 Å². The molecule has 0 spiro atoms. The normalized spacial score (nSPS) is 13.0. The molecule has 0 aliphatic rings. The summed E-state index contributed by atoms with van der Waals surface area (Å²) in [6.45, 7) is 1.48. The van der Waals surface area contributed by atoms with Crippen molar-refractivity contribution in [2.75, 3.05) is 4.72 Å². The maximum Gasteiger partial charge on any atom is 0.263 e. The maximum absolute atomic E-state index is 12.2. The molecule has 6 nitrogen and oxygen atoms in total. The third-order valence-electron chi connectivity index (χ3n) is 2.49. The molecular weight excluding hydrogens is 337 g/mol. The average molecular weight is 348 g/mol. The molecule has 1 unspecified atom stereocenters. The van der Waals surface area contributed by atoms with Gasteiger partial charge in [0.2, 0.25) is 0 Å². The molecule has 0 radical (unpaired) electrons. The van der Waals surface area contributed by atoms with Crippen LogP contribution < -0.4 is 4.72 Å². The number of nitrogens with one attached hydrogen (secondary N) is 1. The second-order valence-corrected chi connectivity index (χ2v) is 6.65. The highest BCUT2D eigenvalue weighted by Gasteiger charge is 2.17. The summed E-state index contributed by atoms with van der Waals surface area (Å²) < 4.78 is 26.7. The molecule has 2 rings (SSSR count). The van der Waals surface area contributed by atoms with Crippen molar-refractivity contribution in [1.82, 2.24) is 9.97 Å².